The number of nitrogens with zero attached hydrogens (tertiary/aromatic N) is 4. The Morgan fingerprint density at radius 2 is 1.96 bits per heavy atom. The number of fused-ring (bicyclic) bond motifs is 1. The van der Waals surface area contributed by atoms with E-state index in [-0.39, 0.29) is 0 Å². The Morgan fingerprint density at radius 1 is 1.11 bits per heavy atom. The topological polar surface area (TPSA) is 56.4 Å². The maximum Gasteiger partial charge on any atom is 0.161 e. The van der Waals surface area contributed by atoms with Crippen LogP contribution in [-0.2, 0) is 0 Å². The minimum absolute atomic E-state index is 0.638. The van der Waals surface area contributed by atoms with E-state index in [1.165, 1.54) is 0 Å². The maximum atomic E-state index is 9.17. The first kappa shape index (κ1) is 17.6. The summed E-state index contributed by atoms with van der Waals surface area (Å²) < 4.78 is 2.04. The minimum Gasteiger partial charge on any atom is -0.375 e. The molecule has 0 spiro atoms. The third-order valence-electron chi connectivity index (χ3n) is 4.86. The standard InChI is InChI=1S/C23H21N5/c1-3-27(2)20-10-5-9-19(14-20)26-21-11-6-12-28-22(16-25-23(21)28)18-8-4-7-17(13-18)15-24/h4-14,16,26H,3H2,1-2H3. The Kier molecular flexibility index (Phi) is 4.69. The average Bonchev–Trinajstić information content (AvgIpc) is 3.18. The molecule has 2 aromatic carbocycles. The summed E-state index contributed by atoms with van der Waals surface area (Å²) in [6.45, 7) is 3.08. The predicted octanol–water partition coefficient (Wildman–Crippen LogP) is 5.07. The van der Waals surface area contributed by atoms with Crippen LogP contribution in [0.15, 0.2) is 73.1 Å². The highest BCUT2D eigenvalue weighted by atomic mass is 15.1. The number of hydrogen-bond donors (Lipinski definition) is 1. The number of aromatic nitrogens is 2. The van der Waals surface area contributed by atoms with E-state index in [0.29, 0.717) is 5.56 Å². The van der Waals surface area contributed by atoms with Gasteiger partial charge in [0.15, 0.2) is 5.65 Å². The van der Waals surface area contributed by atoms with Gasteiger partial charge in [-0.15, -0.1) is 0 Å². The van der Waals surface area contributed by atoms with Crippen LogP contribution in [0.3, 0.4) is 0 Å². The van der Waals surface area contributed by atoms with Gasteiger partial charge in [-0.3, -0.25) is 4.40 Å². The van der Waals surface area contributed by atoms with Gasteiger partial charge in [0, 0.05) is 36.7 Å². The normalized spacial score (nSPS) is 10.6. The molecule has 5 nitrogen and oxygen atoms in total. The zero-order chi connectivity index (χ0) is 19.5. The van der Waals surface area contributed by atoms with Gasteiger partial charge in [0.2, 0.25) is 0 Å². The van der Waals surface area contributed by atoms with Crippen molar-refractivity contribution in [3.05, 3.63) is 78.6 Å². The van der Waals surface area contributed by atoms with Crippen molar-refractivity contribution in [3.63, 3.8) is 0 Å². The lowest BCUT2D eigenvalue weighted by Crippen LogP contribution is -2.15. The van der Waals surface area contributed by atoms with Crippen LogP contribution in [-0.4, -0.2) is 23.0 Å². The summed E-state index contributed by atoms with van der Waals surface area (Å²) >= 11 is 0. The van der Waals surface area contributed by atoms with Crippen LogP contribution in [0.1, 0.15) is 12.5 Å². The molecule has 1 N–H and O–H groups in total. The van der Waals surface area contributed by atoms with E-state index in [9.17, 15) is 5.26 Å². The fourth-order valence-corrected chi connectivity index (χ4v) is 3.23. The third-order valence-corrected chi connectivity index (χ3v) is 4.86. The van der Waals surface area contributed by atoms with Gasteiger partial charge in [-0.1, -0.05) is 18.2 Å². The summed E-state index contributed by atoms with van der Waals surface area (Å²) in [4.78, 5) is 6.82. The molecule has 0 radical (unpaired) electrons. The maximum absolute atomic E-state index is 9.17. The number of rotatable bonds is 5. The number of nitrogens with one attached hydrogen (secondary N) is 1. The Bertz CT molecular complexity index is 1170. The second-order valence-corrected chi connectivity index (χ2v) is 6.64. The van der Waals surface area contributed by atoms with E-state index in [0.717, 1.165) is 40.5 Å². The Balaban J connectivity index is 1.72. The van der Waals surface area contributed by atoms with Crippen molar-refractivity contribution in [1.82, 2.24) is 9.38 Å². The summed E-state index contributed by atoms with van der Waals surface area (Å²) in [5.41, 5.74) is 6.51. The molecule has 0 saturated carbocycles. The second kappa shape index (κ2) is 7.45. The number of pyridine rings is 1. The number of benzene rings is 2. The molecule has 0 saturated heterocycles. The summed E-state index contributed by atoms with van der Waals surface area (Å²) in [6, 6.07) is 22.1. The van der Waals surface area contributed by atoms with Crippen molar-refractivity contribution in [2.75, 3.05) is 23.8 Å². The van der Waals surface area contributed by atoms with Crippen LogP contribution < -0.4 is 10.2 Å². The third kappa shape index (κ3) is 3.28. The molecule has 0 unspecified atom stereocenters. The Morgan fingerprint density at radius 3 is 2.79 bits per heavy atom. The summed E-state index contributed by atoms with van der Waals surface area (Å²) in [6.07, 6.45) is 3.83. The van der Waals surface area contributed by atoms with E-state index in [4.69, 9.17) is 0 Å². The molecule has 2 heterocycles. The highest BCUT2D eigenvalue weighted by Crippen LogP contribution is 2.28. The summed E-state index contributed by atoms with van der Waals surface area (Å²) in [7, 11) is 2.08. The average molecular weight is 367 g/mol. The Labute approximate surface area is 164 Å². The van der Waals surface area contributed by atoms with Gasteiger partial charge < -0.3 is 10.2 Å². The lowest BCUT2D eigenvalue weighted by Gasteiger charge is -2.18. The van der Waals surface area contributed by atoms with Crippen molar-refractivity contribution < 1.29 is 0 Å². The van der Waals surface area contributed by atoms with Crippen molar-refractivity contribution in [1.29, 1.82) is 5.26 Å². The monoisotopic (exact) mass is 367 g/mol. The number of imidazole rings is 1. The largest absolute Gasteiger partial charge is 0.375 e. The first-order chi connectivity index (χ1) is 13.7. The second-order valence-electron chi connectivity index (χ2n) is 6.64. The van der Waals surface area contributed by atoms with Crippen LogP contribution in [0.2, 0.25) is 0 Å². The molecule has 0 fully saturated rings. The number of nitriles is 1. The molecule has 0 bridgehead atoms. The molecule has 0 amide bonds. The molecule has 0 aliphatic heterocycles. The van der Waals surface area contributed by atoms with Gasteiger partial charge in [-0.25, -0.2) is 4.98 Å². The molecular formula is C23H21N5. The van der Waals surface area contributed by atoms with Crippen LogP contribution in [0.4, 0.5) is 17.1 Å². The van der Waals surface area contributed by atoms with E-state index in [1.54, 1.807) is 6.07 Å². The molecule has 28 heavy (non-hydrogen) atoms. The molecule has 4 aromatic rings. The zero-order valence-corrected chi connectivity index (χ0v) is 15.9. The van der Waals surface area contributed by atoms with Gasteiger partial charge in [-0.2, -0.15) is 5.26 Å². The fraction of sp³-hybridized carbons (Fsp3) is 0.130. The van der Waals surface area contributed by atoms with Gasteiger partial charge in [0.1, 0.15) is 0 Å². The van der Waals surface area contributed by atoms with Crippen molar-refractivity contribution in [2.45, 2.75) is 6.92 Å². The van der Waals surface area contributed by atoms with Crippen LogP contribution >= 0.6 is 0 Å². The first-order valence-electron chi connectivity index (χ1n) is 9.24. The predicted molar refractivity (Wildman–Crippen MR) is 114 cm³/mol. The Hall–Kier alpha value is -3.78. The van der Waals surface area contributed by atoms with E-state index < -0.39 is 0 Å². The minimum atomic E-state index is 0.638. The molecule has 5 heteroatoms. The van der Waals surface area contributed by atoms with Crippen molar-refractivity contribution in [2.24, 2.45) is 0 Å². The van der Waals surface area contributed by atoms with Crippen LogP contribution in [0.25, 0.3) is 16.9 Å². The molecular weight excluding hydrogens is 346 g/mol. The van der Waals surface area contributed by atoms with E-state index >= 15 is 0 Å². The molecule has 0 atom stereocenters. The number of anilines is 3. The van der Waals surface area contributed by atoms with Gasteiger partial charge in [0.05, 0.1) is 29.2 Å². The zero-order valence-electron chi connectivity index (χ0n) is 15.9. The molecule has 0 aliphatic carbocycles. The SMILES string of the molecule is CCN(C)c1cccc(Nc2cccn3c(-c4cccc(C#N)c4)cnc23)c1. The highest BCUT2D eigenvalue weighted by Gasteiger charge is 2.10. The van der Waals surface area contributed by atoms with Crippen LogP contribution in [0.5, 0.6) is 0 Å². The van der Waals surface area contributed by atoms with Crippen molar-refractivity contribution in [3.8, 4) is 17.3 Å². The smallest absolute Gasteiger partial charge is 0.161 e. The fourth-order valence-electron chi connectivity index (χ4n) is 3.23. The van der Waals surface area contributed by atoms with E-state index in [1.807, 2.05) is 53.2 Å². The molecule has 138 valence electrons. The number of hydrogen-bond acceptors (Lipinski definition) is 4. The van der Waals surface area contributed by atoms with Crippen LogP contribution in [0, 0.1) is 11.3 Å². The molecule has 0 aliphatic rings. The first-order valence-corrected chi connectivity index (χ1v) is 9.24. The quantitative estimate of drug-likeness (QED) is 0.535. The van der Waals surface area contributed by atoms with Crippen molar-refractivity contribution >= 4 is 22.7 Å². The van der Waals surface area contributed by atoms with Gasteiger partial charge in [-0.05, 0) is 49.4 Å². The van der Waals surface area contributed by atoms with E-state index in [2.05, 4.69) is 53.4 Å². The lowest BCUT2D eigenvalue weighted by molar-refractivity contribution is 0.968. The summed E-state index contributed by atoms with van der Waals surface area (Å²) in [5, 5.41) is 12.7. The lowest BCUT2D eigenvalue weighted by atomic mass is 10.1. The highest BCUT2D eigenvalue weighted by molar-refractivity contribution is 5.78. The van der Waals surface area contributed by atoms with Gasteiger partial charge >= 0.3 is 0 Å². The van der Waals surface area contributed by atoms with Gasteiger partial charge in [0.25, 0.3) is 0 Å². The summed E-state index contributed by atoms with van der Waals surface area (Å²) in [5.74, 6) is 0. The molecule has 4 rings (SSSR count). The molecule has 2 aromatic heterocycles.